The van der Waals surface area contributed by atoms with E-state index in [1.165, 1.54) is 34.4 Å². The first-order valence-electron chi connectivity index (χ1n) is 7.13. The minimum Gasteiger partial charge on any atom is -0.306 e. The van der Waals surface area contributed by atoms with Crippen LogP contribution in [0.25, 0.3) is 0 Å². The maximum absolute atomic E-state index is 13.6. The topological polar surface area (TPSA) is 12.0 Å². The quantitative estimate of drug-likeness (QED) is 0.857. The Hall–Kier alpha value is -1.74. The highest BCUT2D eigenvalue weighted by atomic mass is 19.1. The maximum Gasteiger partial charge on any atom is 0.130 e. The van der Waals surface area contributed by atoms with Crippen LogP contribution in [0.4, 0.5) is 8.78 Å². The predicted molar refractivity (Wildman–Crippen MR) is 82.3 cm³/mol. The van der Waals surface area contributed by atoms with Crippen LogP contribution in [-0.4, -0.2) is 0 Å². The predicted octanol–water partition coefficient (Wildman–Crippen LogP) is 4.74. The molecule has 2 aromatic carbocycles. The molecule has 0 aliphatic heterocycles. The van der Waals surface area contributed by atoms with E-state index < -0.39 is 11.6 Å². The third-order valence-electron chi connectivity index (χ3n) is 3.96. The van der Waals surface area contributed by atoms with Gasteiger partial charge in [-0.05, 0) is 56.0 Å². The van der Waals surface area contributed by atoms with Crippen molar-refractivity contribution in [3.05, 3.63) is 69.8 Å². The number of hydrogen-bond donors (Lipinski definition) is 1. The van der Waals surface area contributed by atoms with Crippen molar-refractivity contribution in [2.45, 2.75) is 40.3 Å². The summed E-state index contributed by atoms with van der Waals surface area (Å²) in [6, 6.07) is 8.13. The summed E-state index contributed by atoms with van der Waals surface area (Å²) in [5, 5.41) is 3.30. The minimum atomic E-state index is -0.547. The summed E-state index contributed by atoms with van der Waals surface area (Å²) in [6.45, 7) is 8.69. The summed E-state index contributed by atoms with van der Waals surface area (Å²) in [4.78, 5) is 0. The molecule has 2 rings (SSSR count). The van der Waals surface area contributed by atoms with E-state index in [2.05, 4.69) is 45.1 Å². The molecule has 0 heterocycles. The van der Waals surface area contributed by atoms with E-state index in [4.69, 9.17) is 0 Å². The van der Waals surface area contributed by atoms with Crippen LogP contribution in [0.2, 0.25) is 0 Å². The van der Waals surface area contributed by atoms with Crippen LogP contribution in [0.15, 0.2) is 30.3 Å². The highest BCUT2D eigenvalue weighted by Crippen LogP contribution is 2.22. The van der Waals surface area contributed by atoms with Gasteiger partial charge in [0.1, 0.15) is 11.6 Å². The van der Waals surface area contributed by atoms with E-state index in [-0.39, 0.29) is 6.04 Å². The molecule has 0 bridgehead atoms. The molecule has 0 saturated heterocycles. The molecule has 0 radical (unpaired) electrons. The summed E-state index contributed by atoms with van der Waals surface area (Å²) in [5.74, 6) is -1.05. The molecular formula is C18H21F2N. The first-order valence-corrected chi connectivity index (χ1v) is 7.13. The Morgan fingerprint density at radius 3 is 2.29 bits per heavy atom. The third-order valence-corrected chi connectivity index (χ3v) is 3.96. The van der Waals surface area contributed by atoms with Crippen LogP contribution in [0.3, 0.4) is 0 Å². The number of halogens is 2. The number of aryl methyl sites for hydroxylation is 3. The van der Waals surface area contributed by atoms with Crippen molar-refractivity contribution in [3.8, 4) is 0 Å². The lowest BCUT2D eigenvalue weighted by molar-refractivity contribution is 0.532. The zero-order chi connectivity index (χ0) is 15.6. The highest BCUT2D eigenvalue weighted by Gasteiger charge is 2.11. The van der Waals surface area contributed by atoms with Gasteiger partial charge in [-0.15, -0.1) is 0 Å². The van der Waals surface area contributed by atoms with Crippen molar-refractivity contribution >= 4 is 0 Å². The zero-order valence-electron chi connectivity index (χ0n) is 12.9. The Bertz CT molecular complexity index is 650. The van der Waals surface area contributed by atoms with Crippen molar-refractivity contribution in [1.82, 2.24) is 5.32 Å². The average molecular weight is 289 g/mol. The summed E-state index contributed by atoms with van der Waals surface area (Å²) in [5.41, 5.74) is 5.42. The molecule has 0 aromatic heterocycles. The Morgan fingerprint density at radius 2 is 1.62 bits per heavy atom. The standard InChI is InChI=1S/C18H21F2N/c1-11-7-13(3)17(8-12(11)2)14(4)21-10-15-5-6-16(19)9-18(15)20/h5-9,14,21H,10H2,1-4H3. The molecule has 0 fully saturated rings. The second kappa shape index (κ2) is 6.35. The van der Waals surface area contributed by atoms with Gasteiger partial charge in [-0.1, -0.05) is 18.2 Å². The summed E-state index contributed by atoms with van der Waals surface area (Å²) >= 11 is 0. The molecule has 1 N–H and O–H groups in total. The van der Waals surface area contributed by atoms with Crippen molar-refractivity contribution in [2.75, 3.05) is 0 Å². The van der Waals surface area contributed by atoms with Crippen LogP contribution < -0.4 is 5.32 Å². The Kier molecular flexibility index (Phi) is 4.73. The SMILES string of the molecule is Cc1cc(C)c(C(C)NCc2ccc(F)cc2F)cc1C. The first kappa shape index (κ1) is 15.6. The van der Waals surface area contributed by atoms with Crippen molar-refractivity contribution in [1.29, 1.82) is 0 Å². The van der Waals surface area contributed by atoms with Gasteiger partial charge in [0.2, 0.25) is 0 Å². The van der Waals surface area contributed by atoms with E-state index in [1.54, 1.807) is 0 Å². The highest BCUT2D eigenvalue weighted by molar-refractivity contribution is 5.38. The van der Waals surface area contributed by atoms with Crippen LogP contribution in [0, 0.1) is 32.4 Å². The number of nitrogens with one attached hydrogen (secondary N) is 1. The molecule has 0 aliphatic carbocycles. The maximum atomic E-state index is 13.6. The van der Waals surface area contributed by atoms with E-state index in [0.717, 1.165) is 6.07 Å². The molecule has 1 atom stereocenters. The number of benzene rings is 2. The summed E-state index contributed by atoms with van der Waals surface area (Å²) < 4.78 is 26.5. The monoisotopic (exact) mass is 289 g/mol. The van der Waals surface area contributed by atoms with Crippen LogP contribution in [-0.2, 0) is 6.54 Å². The molecule has 2 aromatic rings. The fraction of sp³-hybridized carbons (Fsp3) is 0.333. The molecule has 112 valence electrons. The molecular weight excluding hydrogens is 268 g/mol. The lowest BCUT2D eigenvalue weighted by atomic mass is 9.96. The van der Waals surface area contributed by atoms with Crippen LogP contribution >= 0.6 is 0 Å². The molecule has 1 nitrogen and oxygen atoms in total. The van der Waals surface area contributed by atoms with Crippen molar-refractivity contribution in [3.63, 3.8) is 0 Å². The van der Waals surface area contributed by atoms with E-state index >= 15 is 0 Å². The van der Waals surface area contributed by atoms with E-state index in [9.17, 15) is 8.78 Å². The molecule has 21 heavy (non-hydrogen) atoms. The normalized spacial score (nSPS) is 12.5. The molecule has 0 spiro atoms. The van der Waals surface area contributed by atoms with Gasteiger partial charge < -0.3 is 5.32 Å². The first-order chi connectivity index (χ1) is 9.88. The van der Waals surface area contributed by atoms with E-state index in [1.807, 2.05) is 0 Å². The molecule has 1 unspecified atom stereocenters. The van der Waals surface area contributed by atoms with Gasteiger partial charge in [0.25, 0.3) is 0 Å². The molecule has 0 amide bonds. The van der Waals surface area contributed by atoms with Gasteiger partial charge >= 0.3 is 0 Å². The van der Waals surface area contributed by atoms with Gasteiger partial charge in [0.05, 0.1) is 0 Å². The molecule has 0 saturated carbocycles. The lowest BCUT2D eigenvalue weighted by Gasteiger charge is -2.18. The molecule has 0 aliphatic rings. The van der Waals surface area contributed by atoms with Crippen molar-refractivity contribution in [2.24, 2.45) is 0 Å². The Balaban J connectivity index is 2.11. The number of hydrogen-bond acceptors (Lipinski definition) is 1. The third kappa shape index (κ3) is 3.67. The second-order valence-corrected chi connectivity index (χ2v) is 5.63. The zero-order valence-corrected chi connectivity index (χ0v) is 12.9. The fourth-order valence-electron chi connectivity index (χ4n) is 2.49. The smallest absolute Gasteiger partial charge is 0.130 e. The van der Waals surface area contributed by atoms with Gasteiger partial charge in [-0.25, -0.2) is 8.78 Å². The van der Waals surface area contributed by atoms with Gasteiger partial charge in [-0.3, -0.25) is 0 Å². The molecule has 3 heteroatoms. The average Bonchev–Trinajstić information content (AvgIpc) is 2.41. The number of rotatable bonds is 4. The summed E-state index contributed by atoms with van der Waals surface area (Å²) in [7, 11) is 0. The largest absolute Gasteiger partial charge is 0.306 e. The Labute approximate surface area is 125 Å². The van der Waals surface area contributed by atoms with E-state index in [0.29, 0.717) is 12.1 Å². The van der Waals surface area contributed by atoms with Gasteiger partial charge in [0.15, 0.2) is 0 Å². The van der Waals surface area contributed by atoms with Gasteiger partial charge in [0, 0.05) is 24.2 Å². The van der Waals surface area contributed by atoms with Gasteiger partial charge in [-0.2, -0.15) is 0 Å². The van der Waals surface area contributed by atoms with Crippen LogP contribution in [0.1, 0.15) is 40.8 Å². The minimum absolute atomic E-state index is 0.105. The summed E-state index contributed by atoms with van der Waals surface area (Å²) in [6.07, 6.45) is 0. The van der Waals surface area contributed by atoms with Crippen LogP contribution in [0.5, 0.6) is 0 Å². The second-order valence-electron chi connectivity index (χ2n) is 5.63. The van der Waals surface area contributed by atoms with Crippen molar-refractivity contribution < 1.29 is 8.78 Å². The lowest BCUT2D eigenvalue weighted by Crippen LogP contribution is -2.20. The fourth-order valence-corrected chi connectivity index (χ4v) is 2.49. The Morgan fingerprint density at radius 1 is 0.952 bits per heavy atom.